The van der Waals surface area contributed by atoms with Gasteiger partial charge in [-0.15, -0.1) is 0 Å². The lowest BCUT2D eigenvalue weighted by molar-refractivity contribution is 0.198. The van der Waals surface area contributed by atoms with Gasteiger partial charge in [0.15, 0.2) is 0 Å². The average molecular weight is 173 g/mol. The summed E-state index contributed by atoms with van der Waals surface area (Å²) in [6, 6.07) is 2.03. The Morgan fingerprint density at radius 3 is 2.08 bits per heavy atom. The first kappa shape index (κ1) is 8.93. The molecule has 0 aliphatic carbocycles. The SMILES string of the molecule is CC(O)c1cc(F)c(N)c(F)c1. The number of halogens is 2. The van der Waals surface area contributed by atoms with Gasteiger partial charge in [0, 0.05) is 0 Å². The van der Waals surface area contributed by atoms with E-state index < -0.39 is 23.4 Å². The Bertz CT molecular complexity index is 276. The van der Waals surface area contributed by atoms with Crippen LogP contribution in [0.15, 0.2) is 12.1 Å². The minimum Gasteiger partial charge on any atom is -0.394 e. The summed E-state index contributed by atoms with van der Waals surface area (Å²) in [7, 11) is 0. The van der Waals surface area contributed by atoms with E-state index in [0.29, 0.717) is 0 Å². The topological polar surface area (TPSA) is 46.2 Å². The monoisotopic (exact) mass is 173 g/mol. The number of aliphatic hydroxyl groups excluding tert-OH is 1. The molecular formula is C8H9F2NO. The molecule has 12 heavy (non-hydrogen) atoms. The molecule has 0 amide bonds. The molecule has 0 bridgehead atoms. The summed E-state index contributed by atoms with van der Waals surface area (Å²) in [5, 5.41) is 8.99. The smallest absolute Gasteiger partial charge is 0.149 e. The molecule has 0 spiro atoms. The number of hydrogen-bond acceptors (Lipinski definition) is 2. The van der Waals surface area contributed by atoms with Crippen LogP contribution in [0.25, 0.3) is 0 Å². The Labute approximate surface area is 68.6 Å². The van der Waals surface area contributed by atoms with Crippen LogP contribution in [0.3, 0.4) is 0 Å². The van der Waals surface area contributed by atoms with E-state index >= 15 is 0 Å². The minimum absolute atomic E-state index is 0.180. The van der Waals surface area contributed by atoms with Crippen molar-refractivity contribution in [3.05, 3.63) is 29.3 Å². The summed E-state index contributed by atoms with van der Waals surface area (Å²) in [6.45, 7) is 1.42. The highest BCUT2D eigenvalue weighted by Crippen LogP contribution is 2.21. The number of nitrogens with two attached hydrogens (primary N) is 1. The summed E-state index contributed by atoms with van der Waals surface area (Å²) < 4.78 is 25.4. The molecule has 1 aromatic rings. The highest BCUT2D eigenvalue weighted by Gasteiger charge is 2.09. The van der Waals surface area contributed by atoms with Gasteiger partial charge in [0.05, 0.1) is 6.10 Å². The molecule has 0 heterocycles. The Morgan fingerprint density at radius 1 is 1.33 bits per heavy atom. The van der Waals surface area contributed by atoms with E-state index in [4.69, 9.17) is 10.8 Å². The molecule has 0 saturated heterocycles. The maximum Gasteiger partial charge on any atom is 0.149 e. The molecule has 0 aliphatic rings. The summed E-state index contributed by atoms with van der Waals surface area (Å²) in [4.78, 5) is 0. The lowest BCUT2D eigenvalue weighted by Gasteiger charge is -2.06. The number of rotatable bonds is 1. The number of anilines is 1. The van der Waals surface area contributed by atoms with Crippen molar-refractivity contribution < 1.29 is 13.9 Å². The third-order valence-corrected chi connectivity index (χ3v) is 1.58. The zero-order valence-electron chi connectivity index (χ0n) is 6.51. The molecule has 1 rings (SSSR count). The van der Waals surface area contributed by atoms with E-state index in [1.807, 2.05) is 0 Å². The maximum atomic E-state index is 12.7. The van der Waals surface area contributed by atoms with Crippen LogP contribution in [0.1, 0.15) is 18.6 Å². The predicted molar refractivity (Wildman–Crippen MR) is 41.4 cm³/mol. The van der Waals surface area contributed by atoms with E-state index in [0.717, 1.165) is 12.1 Å². The Balaban J connectivity index is 3.21. The van der Waals surface area contributed by atoms with Gasteiger partial charge in [0.2, 0.25) is 0 Å². The van der Waals surface area contributed by atoms with E-state index in [1.165, 1.54) is 6.92 Å². The van der Waals surface area contributed by atoms with E-state index in [1.54, 1.807) is 0 Å². The zero-order chi connectivity index (χ0) is 9.30. The molecule has 0 fully saturated rings. The van der Waals surface area contributed by atoms with Crippen LogP contribution in [0, 0.1) is 11.6 Å². The standard InChI is InChI=1S/C8H9F2NO/c1-4(12)5-2-6(9)8(11)7(10)3-5/h2-4,12H,11H2,1H3. The zero-order valence-corrected chi connectivity index (χ0v) is 6.51. The van der Waals surface area contributed by atoms with Gasteiger partial charge in [-0.05, 0) is 24.6 Å². The lowest BCUT2D eigenvalue weighted by Crippen LogP contribution is -1.99. The number of aliphatic hydroxyl groups is 1. The summed E-state index contributed by atoms with van der Waals surface area (Å²) in [5.41, 5.74) is 4.68. The molecule has 0 aliphatic heterocycles. The van der Waals surface area contributed by atoms with Gasteiger partial charge in [-0.2, -0.15) is 0 Å². The molecule has 0 radical (unpaired) electrons. The second-order valence-electron chi connectivity index (χ2n) is 2.57. The van der Waals surface area contributed by atoms with Crippen molar-refractivity contribution in [3.63, 3.8) is 0 Å². The lowest BCUT2D eigenvalue weighted by atomic mass is 10.1. The Kier molecular flexibility index (Phi) is 2.28. The van der Waals surface area contributed by atoms with Gasteiger partial charge in [-0.25, -0.2) is 8.78 Å². The Morgan fingerprint density at radius 2 is 1.75 bits per heavy atom. The summed E-state index contributed by atoms with van der Waals surface area (Å²) in [5.74, 6) is -1.68. The quantitative estimate of drug-likeness (QED) is 0.633. The fourth-order valence-electron chi connectivity index (χ4n) is 0.845. The minimum atomic E-state index is -0.894. The molecular weight excluding hydrogens is 164 g/mol. The molecule has 2 nitrogen and oxygen atoms in total. The van der Waals surface area contributed by atoms with Crippen molar-refractivity contribution in [1.82, 2.24) is 0 Å². The normalized spacial score (nSPS) is 13.0. The highest BCUT2D eigenvalue weighted by atomic mass is 19.1. The van der Waals surface area contributed by atoms with Crippen molar-refractivity contribution >= 4 is 5.69 Å². The van der Waals surface area contributed by atoms with Crippen molar-refractivity contribution in [2.75, 3.05) is 5.73 Å². The first-order valence-electron chi connectivity index (χ1n) is 3.45. The number of nitrogen functional groups attached to an aromatic ring is 1. The first-order valence-corrected chi connectivity index (χ1v) is 3.45. The van der Waals surface area contributed by atoms with Gasteiger partial charge in [0.25, 0.3) is 0 Å². The Hall–Kier alpha value is -1.16. The fourth-order valence-corrected chi connectivity index (χ4v) is 0.845. The van der Waals surface area contributed by atoms with Crippen LogP contribution in [0.2, 0.25) is 0 Å². The number of hydrogen-bond donors (Lipinski definition) is 2. The van der Waals surface area contributed by atoms with Gasteiger partial charge in [0.1, 0.15) is 17.3 Å². The van der Waals surface area contributed by atoms with Crippen molar-refractivity contribution in [2.24, 2.45) is 0 Å². The average Bonchev–Trinajstić information content (AvgIpc) is 1.99. The van der Waals surface area contributed by atoms with Crippen LogP contribution in [0.4, 0.5) is 14.5 Å². The van der Waals surface area contributed by atoms with E-state index in [2.05, 4.69) is 0 Å². The summed E-state index contributed by atoms with van der Waals surface area (Å²) in [6.07, 6.45) is -0.894. The first-order chi connectivity index (χ1) is 5.52. The molecule has 4 heteroatoms. The maximum absolute atomic E-state index is 12.7. The molecule has 3 N–H and O–H groups in total. The van der Waals surface area contributed by atoms with Crippen LogP contribution < -0.4 is 5.73 Å². The van der Waals surface area contributed by atoms with Crippen LogP contribution in [-0.2, 0) is 0 Å². The third kappa shape index (κ3) is 1.53. The van der Waals surface area contributed by atoms with Gasteiger partial charge in [-0.1, -0.05) is 0 Å². The molecule has 1 aromatic carbocycles. The van der Waals surface area contributed by atoms with Crippen molar-refractivity contribution in [1.29, 1.82) is 0 Å². The van der Waals surface area contributed by atoms with Crippen LogP contribution in [0.5, 0.6) is 0 Å². The molecule has 1 unspecified atom stereocenters. The van der Waals surface area contributed by atoms with Gasteiger partial charge >= 0.3 is 0 Å². The molecule has 0 aromatic heterocycles. The van der Waals surface area contributed by atoms with Crippen molar-refractivity contribution in [2.45, 2.75) is 13.0 Å². The number of benzene rings is 1. The van der Waals surface area contributed by atoms with Gasteiger partial charge < -0.3 is 10.8 Å². The predicted octanol–water partition coefficient (Wildman–Crippen LogP) is 1.60. The van der Waals surface area contributed by atoms with Gasteiger partial charge in [-0.3, -0.25) is 0 Å². The second kappa shape index (κ2) is 3.06. The highest BCUT2D eigenvalue weighted by molar-refractivity contribution is 5.43. The van der Waals surface area contributed by atoms with Crippen LogP contribution in [-0.4, -0.2) is 5.11 Å². The second-order valence-corrected chi connectivity index (χ2v) is 2.57. The molecule has 1 atom stereocenters. The third-order valence-electron chi connectivity index (χ3n) is 1.58. The van der Waals surface area contributed by atoms with E-state index in [9.17, 15) is 8.78 Å². The van der Waals surface area contributed by atoms with E-state index in [-0.39, 0.29) is 5.56 Å². The largest absolute Gasteiger partial charge is 0.394 e. The summed E-state index contributed by atoms with van der Waals surface area (Å²) >= 11 is 0. The molecule has 0 saturated carbocycles. The van der Waals surface area contributed by atoms with Crippen molar-refractivity contribution in [3.8, 4) is 0 Å². The molecule has 66 valence electrons. The van der Waals surface area contributed by atoms with Crippen LogP contribution >= 0.6 is 0 Å². The fraction of sp³-hybridized carbons (Fsp3) is 0.250.